The molecule has 7 heteroatoms. The summed E-state index contributed by atoms with van der Waals surface area (Å²) in [5, 5.41) is 0.684. The number of carbonyl (C=O) groups excluding carboxylic acids is 1. The van der Waals surface area contributed by atoms with E-state index in [0.29, 0.717) is 36.0 Å². The Balaban J connectivity index is 1.61. The number of nitrogens with zero attached hydrogens (tertiary/aromatic N) is 2. The van der Waals surface area contributed by atoms with E-state index in [9.17, 15) is 4.79 Å². The number of halogens is 1. The van der Waals surface area contributed by atoms with Gasteiger partial charge in [0.2, 0.25) is 5.91 Å². The molecule has 2 aromatic carbocycles. The predicted molar refractivity (Wildman–Crippen MR) is 124 cm³/mol. The average Bonchev–Trinajstić information content (AvgIpc) is 3.04. The van der Waals surface area contributed by atoms with Crippen LogP contribution in [0.15, 0.2) is 53.5 Å². The number of thiazole rings is 1. The fourth-order valence-corrected chi connectivity index (χ4v) is 5.17. The van der Waals surface area contributed by atoms with Crippen LogP contribution in [0.3, 0.4) is 0 Å². The van der Waals surface area contributed by atoms with E-state index in [-0.39, 0.29) is 5.91 Å². The third-order valence-corrected chi connectivity index (χ3v) is 6.71. The Labute approximate surface area is 184 Å². The lowest BCUT2D eigenvalue weighted by Gasteiger charge is -2.05. The van der Waals surface area contributed by atoms with Gasteiger partial charge in [-0.1, -0.05) is 53.3 Å². The molecule has 0 N–H and O–H groups in total. The van der Waals surface area contributed by atoms with Gasteiger partial charge in [0, 0.05) is 30.3 Å². The fourth-order valence-electron chi connectivity index (χ4n) is 2.90. The monoisotopic (exact) mass is 448 g/mol. The highest BCUT2D eigenvalue weighted by molar-refractivity contribution is 7.98. The highest BCUT2D eigenvalue weighted by atomic mass is 35.5. The third kappa shape index (κ3) is 6.71. The quantitative estimate of drug-likeness (QED) is 0.383. The Kier molecular flexibility index (Phi) is 8.80. The van der Waals surface area contributed by atoms with Gasteiger partial charge >= 0.3 is 0 Å². The van der Waals surface area contributed by atoms with Gasteiger partial charge in [0.05, 0.1) is 16.8 Å². The first-order chi connectivity index (χ1) is 14.2. The molecule has 0 atom stereocenters. The Morgan fingerprint density at radius 3 is 2.86 bits per heavy atom. The van der Waals surface area contributed by atoms with Crippen molar-refractivity contribution >= 4 is 50.8 Å². The normalized spacial score (nSPS) is 12.0. The van der Waals surface area contributed by atoms with E-state index in [1.54, 1.807) is 0 Å². The Morgan fingerprint density at radius 2 is 2.07 bits per heavy atom. The van der Waals surface area contributed by atoms with Crippen LogP contribution in [0.1, 0.15) is 25.3 Å². The summed E-state index contributed by atoms with van der Waals surface area (Å²) in [6, 6.07) is 16.1. The summed E-state index contributed by atoms with van der Waals surface area (Å²) in [4.78, 5) is 17.5. The van der Waals surface area contributed by atoms with Gasteiger partial charge in [0.1, 0.15) is 0 Å². The second-order valence-corrected chi connectivity index (χ2v) is 9.04. The maximum atomic E-state index is 12.4. The molecule has 1 aromatic heterocycles. The molecule has 0 aliphatic heterocycles. The molecule has 3 rings (SSSR count). The predicted octanol–water partition coefficient (Wildman–Crippen LogP) is 5.53. The molecule has 0 fully saturated rings. The van der Waals surface area contributed by atoms with Crippen LogP contribution >= 0.6 is 34.7 Å². The van der Waals surface area contributed by atoms with Crippen molar-refractivity contribution in [3.8, 4) is 0 Å². The molecule has 0 spiro atoms. The average molecular weight is 449 g/mol. The largest absolute Gasteiger partial charge is 0.380 e. The number of amides is 1. The number of hydrogen-bond acceptors (Lipinski definition) is 4. The van der Waals surface area contributed by atoms with Crippen molar-refractivity contribution in [2.24, 2.45) is 4.99 Å². The number of fused-ring (bicyclic) bond motifs is 1. The van der Waals surface area contributed by atoms with Gasteiger partial charge in [-0.25, -0.2) is 0 Å². The molecule has 0 saturated heterocycles. The molecule has 0 bridgehead atoms. The standard InChI is InChI=1S/C22H25ClN2O2S2/c1-2-27-13-12-25-19-11-10-18(23)15-20(19)29-22(25)24-21(26)9-6-14-28-16-17-7-4-3-5-8-17/h3-5,7-8,10-11,15H,2,6,9,12-14,16H2,1H3. The van der Waals surface area contributed by atoms with Crippen LogP contribution in [-0.4, -0.2) is 29.4 Å². The van der Waals surface area contributed by atoms with Gasteiger partial charge in [-0.15, -0.1) is 0 Å². The van der Waals surface area contributed by atoms with E-state index in [2.05, 4.69) is 29.3 Å². The fraction of sp³-hybridized carbons (Fsp3) is 0.364. The van der Waals surface area contributed by atoms with E-state index < -0.39 is 0 Å². The van der Waals surface area contributed by atoms with Gasteiger partial charge in [0.15, 0.2) is 4.80 Å². The van der Waals surface area contributed by atoms with Gasteiger partial charge in [-0.3, -0.25) is 4.79 Å². The van der Waals surface area contributed by atoms with Crippen LogP contribution in [-0.2, 0) is 21.8 Å². The summed E-state index contributed by atoms with van der Waals surface area (Å²) in [5.41, 5.74) is 2.34. The smallest absolute Gasteiger partial charge is 0.248 e. The highest BCUT2D eigenvalue weighted by Crippen LogP contribution is 2.22. The summed E-state index contributed by atoms with van der Waals surface area (Å²) in [6.07, 6.45) is 1.29. The zero-order valence-electron chi connectivity index (χ0n) is 16.5. The molecular formula is C22H25ClN2O2S2. The second-order valence-electron chi connectivity index (χ2n) is 6.49. The molecule has 0 aliphatic carbocycles. The molecule has 1 amide bonds. The van der Waals surface area contributed by atoms with Crippen molar-refractivity contribution in [1.82, 2.24) is 4.57 Å². The van der Waals surface area contributed by atoms with Crippen LogP contribution in [0.5, 0.6) is 0 Å². The van der Waals surface area contributed by atoms with Gasteiger partial charge in [-0.05, 0) is 42.9 Å². The number of carbonyl (C=O) groups is 1. The van der Waals surface area contributed by atoms with E-state index in [4.69, 9.17) is 16.3 Å². The molecule has 1 heterocycles. The number of thioether (sulfide) groups is 1. The van der Waals surface area contributed by atoms with Gasteiger partial charge in [-0.2, -0.15) is 16.8 Å². The van der Waals surface area contributed by atoms with Gasteiger partial charge < -0.3 is 9.30 Å². The maximum Gasteiger partial charge on any atom is 0.248 e. The SMILES string of the molecule is CCOCCn1c(=NC(=O)CCCSCc2ccccc2)sc2cc(Cl)ccc21. The van der Waals surface area contributed by atoms with Crippen molar-refractivity contribution in [1.29, 1.82) is 0 Å². The van der Waals surface area contributed by atoms with Crippen molar-refractivity contribution in [2.75, 3.05) is 19.0 Å². The van der Waals surface area contributed by atoms with Crippen LogP contribution in [0.4, 0.5) is 0 Å². The number of ether oxygens (including phenoxy) is 1. The maximum absolute atomic E-state index is 12.4. The lowest BCUT2D eigenvalue weighted by Crippen LogP contribution is -2.19. The molecule has 0 saturated carbocycles. The summed E-state index contributed by atoms with van der Waals surface area (Å²) in [6.45, 7) is 3.89. The minimum Gasteiger partial charge on any atom is -0.380 e. The first-order valence-corrected chi connectivity index (χ1v) is 12.1. The van der Waals surface area contributed by atoms with Gasteiger partial charge in [0.25, 0.3) is 0 Å². The van der Waals surface area contributed by atoms with E-state index in [1.807, 2.05) is 47.5 Å². The first-order valence-electron chi connectivity index (χ1n) is 9.73. The minimum absolute atomic E-state index is 0.0758. The molecule has 29 heavy (non-hydrogen) atoms. The molecule has 0 aliphatic rings. The summed E-state index contributed by atoms with van der Waals surface area (Å²) in [7, 11) is 0. The van der Waals surface area contributed by atoms with Crippen molar-refractivity contribution < 1.29 is 9.53 Å². The Bertz CT molecular complexity index is 999. The minimum atomic E-state index is -0.0758. The zero-order chi connectivity index (χ0) is 20.5. The summed E-state index contributed by atoms with van der Waals surface area (Å²) in [5.74, 6) is 1.84. The molecule has 0 unspecified atom stereocenters. The first kappa shape index (κ1) is 22.1. The lowest BCUT2D eigenvalue weighted by atomic mass is 10.2. The van der Waals surface area contributed by atoms with Crippen molar-refractivity contribution in [3.63, 3.8) is 0 Å². The van der Waals surface area contributed by atoms with E-state index in [1.165, 1.54) is 16.9 Å². The number of aromatic nitrogens is 1. The second kappa shape index (κ2) is 11.6. The number of rotatable bonds is 10. The Morgan fingerprint density at radius 1 is 1.24 bits per heavy atom. The van der Waals surface area contributed by atoms with Crippen LogP contribution in [0, 0.1) is 0 Å². The molecule has 154 valence electrons. The van der Waals surface area contributed by atoms with Crippen molar-refractivity contribution in [3.05, 3.63) is 63.9 Å². The number of benzene rings is 2. The van der Waals surface area contributed by atoms with Crippen molar-refractivity contribution in [2.45, 2.75) is 32.1 Å². The zero-order valence-corrected chi connectivity index (χ0v) is 18.9. The van der Waals surface area contributed by atoms with E-state index in [0.717, 1.165) is 28.1 Å². The number of hydrogen-bond donors (Lipinski definition) is 0. The lowest BCUT2D eigenvalue weighted by molar-refractivity contribution is -0.118. The highest BCUT2D eigenvalue weighted by Gasteiger charge is 2.09. The molecule has 3 aromatic rings. The molecule has 0 radical (unpaired) electrons. The third-order valence-electron chi connectivity index (χ3n) is 4.32. The topological polar surface area (TPSA) is 43.6 Å². The van der Waals surface area contributed by atoms with Crippen LogP contribution in [0.25, 0.3) is 10.2 Å². The van der Waals surface area contributed by atoms with Crippen LogP contribution in [0.2, 0.25) is 5.02 Å². The van der Waals surface area contributed by atoms with Crippen LogP contribution < -0.4 is 4.80 Å². The molecular weight excluding hydrogens is 424 g/mol. The van der Waals surface area contributed by atoms with E-state index >= 15 is 0 Å². The molecule has 4 nitrogen and oxygen atoms in total. The Hall–Kier alpha value is -1.60. The summed E-state index contributed by atoms with van der Waals surface area (Å²) < 4.78 is 8.57. The summed E-state index contributed by atoms with van der Waals surface area (Å²) >= 11 is 9.47.